The first-order valence-electron chi connectivity index (χ1n) is 22.1. The number of ketones is 1. The van der Waals surface area contributed by atoms with Gasteiger partial charge in [-0.2, -0.15) is 0 Å². The predicted molar refractivity (Wildman–Crippen MR) is 261 cm³/mol. The number of hydrogen-bond donors (Lipinski definition) is 2. The monoisotopic (exact) mass is 928 g/mol. The molecule has 0 aliphatic rings. The SMILES string of the molecule is CCC(C)(C)c1ccc(OCCCC(=O)Nc2ccc(Cl)c(NC(=O)C(Oc3ccc(S(=O)(=O)c4ccc(OCc5ccccc5)cc4)cc3)C(=O)c3ccccc3)c2)c(C(C)(C)CC)c1. The number of benzene rings is 6. The Bertz CT molecular complexity index is 2720. The summed E-state index contributed by atoms with van der Waals surface area (Å²) >= 11 is 6.52. The molecule has 0 aliphatic carbocycles. The first-order chi connectivity index (χ1) is 31.5. The van der Waals surface area contributed by atoms with E-state index in [4.69, 9.17) is 25.8 Å². The van der Waals surface area contributed by atoms with Gasteiger partial charge in [0.15, 0.2) is 0 Å². The van der Waals surface area contributed by atoms with Crippen molar-refractivity contribution in [2.45, 2.75) is 101 Å². The number of amides is 2. The third kappa shape index (κ3) is 12.5. The highest BCUT2D eigenvalue weighted by atomic mass is 35.5. The highest BCUT2D eigenvalue weighted by Crippen LogP contribution is 2.39. The van der Waals surface area contributed by atoms with Gasteiger partial charge in [0.2, 0.25) is 27.6 Å². The highest BCUT2D eigenvalue weighted by Gasteiger charge is 2.31. The Balaban J connectivity index is 1.09. The van der Waals surface area contributed by atoms with E-state index in [1.807, 2.05) is 36.4 Å². The maximum Gasteiger partial charge on any atom is 0.273 e. The summed E-state index contributed by atoms with van der Waals surface area (Å²) in [6, 6.07) is 40.4. The molecule has 12 heteroatoms. The van der Waals surface area contributed by atoms with Gasteiger partial charge in [-0.25, -0.2) is 8.42 Å². The van der Waals surface area contributed by atoms with Crippen LogP contribution in [-0.4, -0.2) is 38.7 Å². The van der Waals surface area contributed by atoms with E-state index in [2.05, 4.69) is 64.3 Å². The number of sulfone groups is 1. The van der Waals surface area contributed by atoms with Crippen molar-refractivity contribution in [1.82, 2.24) is 0 Å². The minimum atomic E-state index is -3.94. The molecule has 6 rings (SSSR count). The van der Waals surface area contributed by atoms with E-state index < -0.39 is 27.6 Å². The Morgan fingerprint density at radius 2 is 1.27 bits per heavy atom. The lowest BCUT2D eigenvalue weighted by molar-refractivity contribution is -0.121. The van der Waals surface area contributed by atoms with Crippen molar-refractivity contribution < 1.29 is 37.0 Å². The molecular weight excluding hydrogens is 872 g/mol. The molecule has 0 aliphatic heterocycles. The van der Waals surface area contributed by atoms with Crippen molar-refractivity contribution in [3.8, 4) is 17.2 Å². The second kappa shape index (κ2) is 21.7. The van der Waals surface area contributed by atoms with Crippen LogP contribution in [0.15, 0.2) is 155 Å². The van der Waals surface area contributed by atoms with Gasteiger partial charge in [-0.1, -0.05) is 126 Å². The van der Waals surface area contributed by atoms with Crippen LogP contribution in [0.4, 0.5) is 11.4 Å². The molecule has 0 bridgehead atoms. The number of rotatable bonds is 21. The molecule has 1 atom stereocenters. The number of nitrogens with one attached hydrogen (secondary N) is 2. The topological polar surface area (TPSA) is 137 Å². The second-order valence-electron chi connectivity index (χ2n) is 17.3. The Morgan fingerprint density at radius 3 is 1.89 bits per heavy atom. The van der Waals surface area contributed by atoms with Crippen LogP contribution in [0.5, 0.6) is 17.2 Å². The second-order valence-corrected chi connectivity index (χ2v) is 19.7. The first-order valence-corrected chi connectivity index (χ1v) is 23.9. The number of Topliss-reactive ketones (excluding diaryl/α,β-unsaturated/α-hetero) is 1. The lowest BCUT2D eigenvalue weighted by atomic mass is 9.76. The standard InChI is InChI=1S/C54H57ClN2O8S/c1-7-53(3,4)39-21-32-48(45(34-39)54(5,6)8-2)63-33-15-20-49(58)56-40-22-31-46(55)47(35-40)57-52(60)51(50(59)38-18-13-10-14-19-38)65-42-25-29-44(30-26-42)66(61,62)43-27-23-41(24-28-43)64-36-37-16-11-9-12-17-37/h9-14,16-19,21-32,34-35,51H,7-8,15,20,33,36H2,1-6H3,(H,56,58)(H,57,60). The zero-order valence-corrected chi connectivity index (χ0v) is 39.8. The zero-order chi connectivity index (χ0) is 47.5. The molecule has 0 aromatic heterocycles. The molecule has 6 aromatic rings. The fraction of sp³-hybridized carbons (Fsp3) is 0.278. The number of carbonyl (C=O) groups excluding carboxylic acids is 3. The summed E-state index contributed by atoms with van der Waals surface area (Å²) in [6.07, 6.45) is 0.884. The summed E-state index contributed by atoms with van der Waals surface area (Å²) in [6.45, 7) is 13.9. The molecular formula is C54H57ClN2O8S. The van der Waals surface area contributed by atoms with Gasteiger partial charge in [0.05, 0.1) is 27.1 Å². The lowest BCUT2D eigenvalue weighted by Crippen LogP contribution is -2.40. The van der Waals surface area contributed by atoms with Crippen molar-refractivity contribution >= 4 is 50.4 Å². The molecule has 66 heavy (non-hydrogen) atoms. The average molecular weight is 930 g/mol. The molecule has 0 fully saturated rings. The van der Waals surface area contributed by atoms with Gasteiger partial charge in [-0.05, 0) is 114 Å². The van der Waals surface area contributed by atoms with Crippen LogP contribution >= 0.6 is 11.6 Å². The van der Waals surface area contributed by atoms with E-state index in [0.717, 1.165) is 29.7 Å². The van der Waals surface area contributed by atoms with E-state index >= 15 is 0 Å². The number of hydrogen-bond acceptors (Lipinski definition) is 8. The summed E-state index contributed by atoms with van der Waals surface area (Å²) in [7, 11) is -3.94. The van der Waals surface area contributed by atoms with Crippen molar-refractivity contribution in [1.29, 1.82) is 0 Å². The molecule has 2 N–H and O–H groups in total. The third-order valence-corrected chi connectivity index (χ3v) is 14.0. The van der Waals surface area contributed by atoms with Gasteiger partial charge in [0.1, 0.15) is 23.9 Å². The molecule has 0 saturated carbocycles. The molecule has 0 saturated heterocycles. The molecule has 0 heterocycles. The van der Waals surface area contributed by atoms with Gasteiger partial charge in [0, 0.05) is 23.2 Å². The fourth-order valence-corrected chi connectivity index (χ4v) is 8.37. The van der Waals surface area contributed by atoms with Crippen LogP contribution in [0.25, 0.3) is 0 Å². The Morgan fingerprint density at radius 1 is 0.667 bits per heavy atom. The largest absolute Gasteiger partial charge is 0.493 e. The van der Waals surface area contributed by atoms with Crippen molar-refractivity contribution in [2.24, 2.45) is 0 Å². The van der Waals surface area contributed by atoms with Gasteiger partial charge in [-0.15, -0.1) is 0 Å². The van der Waals surface area contributed by atoms with Crippen molar-refractivity contribution in [3.05, 3.63) is 173 Å². The third-order valence-electron chi connectivity index (χ3n) is 11.9. The van der Waals surface area contributed by atoms with Gasteiger partial charge >= 0.3 is 0 Å². The summed E-state index contributed by atoms with van der Waals surface area (Å²) in [5.74, 6) is -0.340. The maximum atomic E-state index is 13.9. The summed E-state index contributed by atoms with van der Waals surface area (Å²) in [5, 5.41) is 5.71. The fourth-order valence-electron chi connectivity index (χ4n) is 6.94. The van der Waals surface area contributed by atoms with Crippen molar-refractivity contribution in [3.63, 3.8) is 0 Å². The smallest absolute Gasteiger partial charge is 0.273 e. The summed E-state index contributed by atoms with van der Waals surface area (Å²) in [4.78, 5) is 40.9. The van der Waals surface area contributed by atoms with Crippen LogP contribution in [0.1, 0.15) is 94.3 Å². The number of anilines is 2. The van der Waals surface area contributed by atoms with Gasteiger partial charge < -0.3 is 24.8 Å². The quantitative estimate of drug-likeness (QED) is 0.0413. The van der Waals surface area contributed by atoms with Crippen LogP contribution < -0.4 is 24.8 Å². The molecule has 0 spiro atoms. The van der Waals surface area contributed by atoms with Crippen molar-refractivity contribution in [2.75, 3.05) is 17.2 Å². The van der Waals surface area contributed by atoms with Gasteiger partial charge in [-0.3, -0.25) is 14.4 Å². The van der Waals surface area contributed by atoms with Crippen LogP contribution in [0, 0.1) is 0 Å². The minimum Gasteiger partial charge on any atom is -0.493 e. The minimum absolute atomic E-state index is 0.0205. The molecule has 6 aromatic carbocycles. The van der Waals surface area contributed by atoms with Crippen LogP contribution in [0.2, 0.25) is 5.02 Å². The Kier molecular flexibility index (Phi) is 16.1. The van der Waals surface area contributed by atoms with E-state index in [1.54, 1.807) is 48.5 Å². The van der Waals surface area contributed by atoms with E-state index in [9.17, 15) is 22.8 Å². The van der Waals surface area contributed by atoms with E-state index in [1.165, 1.54) is 54.1 Å². The van der Waals surface area contributed by atoms with E-state index in [-0.39, 0.29) is 55.0 Å². The number of halogens is 1. The predicted octanol–water partition coefficient (Wildman–Crippen LogP) is 12.2. The number of carbonyl (C=O) groups is 3. The normalized spacial score (nSPS) is 12.2. The summed E-state index contributed by atoms with van der Waals surface area (Å²) < 4.78 is 45.2. The molecule has 344 valence electrons. The molecule has 1 unspecified atom stereocenters. The first kappa shape index (κ1) is 49.0. The van der Waals surface area contributed by atoms with Crippen LogP contribution in [0.3, 0.4) is 0 Å². The Hall–Kier alpha value is -6.43. The zero-order valence-electron chi connectivity index (χ0n) is 38.2. The average Bonchev–Trinajstić information content (AvgIpc) is 3.33. The Labute approximate surface area is 393 Å². The van der Waals surface area contributed by atoms with E-state index in [0.29, 0.717) is 31.1 Å². The maximum absolute atomic E-state index is 13.9. The summed E-state index contributed by atoms with van der Waals surface area (Å²) in [5.41, 5.74) is 4.06. The molecule has 2 amide bonds. The molecule has 0 radical (unpaired) electrons. The lowest BCUT2D eigenvalue weighted by Gasteiger charge is -2.30. The van der Waals surface area contributed by atoms with Crippen LogP contribution in [-0.2, 0) is 36.9 Å². The number of ether oxygens (including phenoxy) is 3. The van der Waals surface area contributed by atoms with Gasteiger partial charge in [0.25, 0.3) is 5.91 Å². The highest BCUT2D eigenvalue weighted by molar-refractivity contribution is 7.91. The molecule has 10 nitrogen and oxygen atoms in total.